The normalized spacial score (nSPS) is 25.1. The second kappa shape index (κ2) is 8.15. The molecule has 2 aromatic heterocycles. The lowest BCUT2D eigenvalue weighted by Gasteiger charge is -2.42. The number of anilines is 1. The molecule has 8 nitrogen and oxygen atoms in total. The van der Waals surface area contributed by atoms with E-state index in [-0.39, 0.29) is 11.8 Å². The van der Waals surface area contributed by atoms with Crippen LogP contribution in [0.2, 0.25) is 0 Å². The van der Waals surface area contributed by atoms with Gasteiger partial charge in [0.1, 0.15) is 5.82 Å². The fourth-order valence-electron chi connectivity index (χ4n) is 5.21. The molecule has 0 radical (unpaired) electrons. The molecule has 0 bridgehead atoms. The van der Waals surface area contributed by atoms with E-state index in [1.807, 2.05) is 16.8 Å². The number of hydrogen-bond acceptors (Lipinski definition) is 6. The summed E-state index contributed by atoms with van der Waals surface area (Å²) in [5, 5.41) is 11.3. The number of nitrogens with one attached hydrogen (secondary N) is 2. The van der Waals surface area contributed by atoms with Gasteiger partial charge in [0.05, 0.1) is 17.8 Å². The summed E-state index contributed by atoms with van der Waals surface area (Å²) in [7, 11) is 4.30. The fourth-order valence-corrected chi connectivity index (χ4v) is 5.21. The summed E-state index contributed by atoms with van der Waals surface area (Å²) in [6.45, 7) is 3.45. The van der Waals surface area contributed by atoms with Gasteiger partial charge >= 0.3 is 0 Å². The van der Waals surface area contributed by atoms with Gasteiger partial charge in [-0.25, -0.2) is 4.98 Å². The SMILES string of the molecule is CN(C)[C@H]1CC[C@H](NC(=O)C2CN(c3c4c(nc5ccnn35)CCNCC4)C2)CC1. The summed E-state index contributed by atoms with van der Waals surface area (Å²) in [4.78, 5) is 22.3. The molecule has 5 rings (SSSR count). The second-order valence-electron chi connectivity index (χ2n) is 9.29. The van der Waals surface area contributed by atoms with Crippen LogP contribution in [0.1, 0.15) is 36.9 Å². The molecule has 0 aromatic carbocycles. The largest absolute Gasteiger partial charge is 0.354 e. The Balaban J connectivity index is 1.25. The van der Waals surface area contributed by atoms with E-state index < -0.39 is 0 Å². The molecular formula is C22H33N7O. The highest BCUT2D eigenvalue weighted by Crippen LogP contribution is 2.32. The Morgan fingerprint density at radius 2 is 1.93 bits per heavy atom. The van der Waals surface area contributed by atoms with Crippen LogP contribution in [-0.2, 0) is 17.6 Å². The highest BCUT2D eigenvalue weighted by molar-refractivity contribution is 5.82. The Labute approximate surface area is 178 Å². The molecule has 2 aromatic rings. The van der Waals surface area contributed by atoms with Gasteiger partial charge in [0, 0.05) is 49.8 Å². The van der Waals surface area contributed by atoms with Crippen molar-refractivity contribution in [1.29, 1.82) is 0 Å². The third-order valence-electron chi connectivity index (χ3n) is 7.11. The molecule has 1 amide bonds. The minimum Gasteiger partial charge on any atom is -0.354 e. The molecule has 0 spiro atoms. The van der Waals surface area contributed by atoms with Crippen molar-refractivity contribution in [3.8, 4) is 0 Å². The zero-order valence-corrected chi connectivity index (χ0v) is 18.1. The lowest BCUT2D eigenvalue weighted by molar-refractivity contribution is -0.126. The van der Waals surface area contributed by atoms with Crippen LogP contribution in [0.25, 0.3) is 5.65 Å². The van der Waals surface area contributed by atoms with E-state index in [4.69, 9.17) is 4.98 Å². The Kier molecular flexibility index (Phi) is 5.37. The quantitative estimate of drug-likeness (QED) is 0.777. The summed E-state index contributed by atoms with van der Waals surface area (Å²) in [5.41, 5.74) is 3.36. The van der Waals surface area contributed by atoms with Crippen molar-refractivity contribution >= 4 is 17.4 Å². The number of fused-ring (bicyclic) bond motifs is 2. The van der Waals surface area contributed by atoms with Gasteiger partial charge in [-0.3, -0.25) is 4.79 Å². The average Bonchev–Trinajstić information content (AvgIpc) is 3.03. The summed E-state index contributed by atoms with van der Waals surface area (Å²) < 4.78 is 1.96. The van der Waals surface area contributed by atoms with Gasteiger partial charge in [-0.1, -0.05) is 0 Å². The smallest absolute Gasteiger partial charge is 0.226 e. The summed E-state index contributed by atoms with van der Waals surface area (Å²) in [6.07, 6.45) is 8.23. The fraction of sp³-hybridized carbons (Fsp3) is 0.682. The zero-order chi connectivity index (χ0) is 20.7. The summed E-state index contributed by atoms with van der Waals surface area (Å²) in [6, 6.07) is 2.96. The molecule has 2 fully saturated rings. The predicted octanol–water partition coefficient (Wildman–Crippen LogP) is 0.843. The first kappa shape index (κ1) is 19.8. The lowest BCUT2D eigenvalue weighted by Crippen LogP contribution is -2.56. The molecule has 1 saturated carbocycles. The van der Waals surface area contributed by atoms with Crippen LogP contribution in [0.15, 0.2) is 12.3 Å². The minimum absolute atomic E-state index is 0.0647. The van der Waals surface area contributed by atoms with Gasteiger partial charge in [0.2, 0.25) is 5.91 Å². The summed E-state index contributed by atoms with van der Waals surface area (Å²) in [5.74, 6) is 1.42. The highest BCUT2D eigenvalue weighted by Gasteiger charge is 2.37. The van der Waals surface area contributed by atoms with Crippen LogP contribution in [0, 0.1) is 5.92 Å². The maximum atomic E-state index is 12.9. The van der Waals surface area contributed by atoms with Gasteiger partial charge in [0.15, 0.2) is 5.65 Å². The Morgan fingerprint density at radius 3 is 2.70 bits per heavy atom. The minimum atomic E-state index is 0.0647. The number of hydrogen-bond donors (Lipinski definition) is 2. The van der Waals surface area contributed by atoms with E-state index in [2.05, 4.69) is 39.6 Å². The molecule has 8 heteroatoms. The van der Waals surface area contributed by atoms with Crippen molar-refractivity contribution in [3.05, 3.63) is 23.5 Å². The average molecular weight is 412 g/mol. The topological polar surface area (TPSA) is 77.8 Å². The third-order valence-corrected chi connectivity index (χ3v) is 7.11. The first-order valence-corrected chi connectivity index (χ1v) is 11.4. The Morgan fingerprint density at radius 1 is 1.17 bits per heavy atom. The molecule has 1 saturated heterocycles. The van der Waals surface area contributed by atoms with Crippen LogP contribution < -0.4 is 15.5 Å². The molecular weight excluding hydrogens is 378 g/mol. The van der Waals surface area contributed by atoms with Gasteiger partial charge in [-0.15, -0.1) is 0 Å². The number of nitrogens with zero attached hydrogens (tertiary/aromatic N) is 5. The highest BCUT2D eigenvalue weighted by atomic mass is 16.2. The molecule has 0 unspecified atom stereocenters. The maximum absolute atomic E-state index is 12.9. The van der Waals surface area contributed by atoms with Crippen molar-refractivity contribution in [1.82, 2.24) is 30.1 Å². The number of carbonyl (C=O) groups is 1. The molecule has 0 atom stereocenters. The predicted molar refractivity (Wildman–Crippen MR) is 117 cm³/mol. The van der Waals surface area contributed by atoms with Gasteiger partial charge in [-0.05, 0) is 52.7 Å². The van der Waals surface area contributed by atoms with Crippen LogP contribution in [0.4, 0.5) is 5.82 Å². The van der Waals surface area contributed by atoms with Crippen LogP contribution in [0.5, 0.6) is 0 Å². The molecule has 2 N–H and O–H groups in total. The number of aromatic nitrogens is 3. The Bertz CT molecular complexity index is 910. The van der Waals surface area contributed by atoms with E-state index in [0.717, 1.165) is 63.3 Å². The van der Waals surface area contributed by atoms with Crippen LogP contribution in [-0.4, -0.2) is 77.8 Å². The third kappa shape index (κ3) is 3.67. The molecule has 2 aliphatic heterocycles. The summed E-state index contributed by atoms with van der Waals surface area (Å²) >= 11 is 0. The molecule has 4 heterocycles. The molecule has 1 aliphatic carbocycles. The van der Waals surface area contributed by atoms with Gasteiger partial charge in [-0.2, -0.15) is 9.61 Å². The van der Waals surface area contributed by atoms with Gasteiger partial charge in [0.25, 0.3) is 0 Å². The number of amides is 1. The number of carbonyl (C=O) groups excluding carboxylic acids is 1. The van der Waals surface area contributed by atoms with Crippen molar-refractivity contribution in [3.63, 3.8) is 0 Å². The molecule has 162 valence electrons. The van der Waals surface area contributed by atoms with E-state index in [1.165, 1.54) is 24.1 Å². The van der Waals surface area contributed by atoms with Crippen molar-refractivity contribution in [2.24, 2.45) is 5.92 Å². The lowest BCUT2D eigenvalue weighted by atomic mass is 9.89. The first-order valence-electron chi connectivity index (χ1n) is 11.4. The molecule has 30 heavy (non-hydrogen) atoms. The van der Waals surface area contributed by atoms with Crippen molar-refractivity contribution < 1.29 is 4.79 Å². The van der Waals surface area contributed by atoms with E-state index in [9.17, 15) is 4.79 Å². The van der Waals surface area contributed by atoms with E-state index in [1.54, 1.807) is 0 Å². The monoisotopic (exact) mass is 411 g/mol. The van der Waals surface area contributed by atoms with E-state index in [0.29, 0.717) is 12.1 Å². The Hall–Kier alpha value is -2.19. The van der Waals surface area contributed by atoms with Gasteiger partial charge < -0.3 is 20.4 Å². The van der Waals surface area contributed by atoms with E-state index >= 15 is 0 Å². The second-order valence-corrected chi connectivity index (χ2v) is 9.29. The van der Waals surface area contributed by atoms with Crippen LogP contribution in [0.3, 0.4) is 0 Å². The van der Waals surface area contributed by atoms with Crippen molar-refractivity contribution in [2.75, 3.05) is 45.2 Å². The zero-order valence-electron chi connectivity index (χ0n) is 18.1. The first-order chi connectivity index (χ1) is 14.6. The standard InChI is InChI=1S/C22H33N7O/c1-27(2)17-5-3-16(4-6-17)25-21(30)15-13-28(14-15)22-18-7-10-23-11-8-19(18)26-20-9-12-24-29(20)22/h9,12,15-17,23H,3-8,10-11,13-14H2,1-2H3,(H,25,30)/t16-,17-. The van der Waals surface area contributed by atoms with Crippen molar-refractivity contribution in [2.45, 2.75) is 50.6 Å². The molecule has 3 aliphatic rings. The maximum Gasteiger partial charge on any atom is 0.226 e. The number of rotatable bonds is 4. The van der Waals surface area contributed by atoms with Crippen LogP contribution >= 0.6 is 0 Å².